The fourth-order valence-corrected chi connectivity index (χ4v) is 1.92. The molecule has 1 N–H and O–H groups in total. The van der Waals surface area contributed by atoms with E-state index in [0.717, 1.165) is 0 Å². The van der Waals surface area contributed by atoms with Crippen LogP contribution in [0.4, 0.5) is 4.39 Å². The van der Waals surface area contributed by atoms with Gasteiger partial charge in [-0.05, 0) is 24.3 Å². The van der Waals surface area contributed by atoms with E-state index in [0.29, 0.717) is 5.69 Å². The van der Waals surface area contributed by atoms with Crippen LogP contribution in [0.25, 0.3) is 5.69 Å². The summed E-state index contributed by atoms with van der Waals surface area (Å²) in [4.78, 5) is 11.3. The van der Waals surface area contributed by atoms with Gasteiger partial charge in [0, 0.05) is 6.20 Å². The van der Waals surface area contributed by atoms with E-state index in [2.05, 4.69) is 5.10 Å². The van der Waals surface area contributed by atoms with Crippen molar-refractivity contribution in [1.82, 2.24) is 9.78 Å². The van der Waals surface area contributed by atoms with Gasteiger partial charge in [0.05, 0.1) is 5.69 Å². The van der Waals surface area contributed by atoms with Gasteiger partial charge < -0.3 is 9.84 Å². The molecule has 3 aromatic rings. The highest BCUT2D eigenvalue weighted by Gasteiger charge is 2.19. The van der Waals surface area contributed by atoms with E-state index in [9.17, 15) is 14.3 Å². The predicted octanol–water partition coefficient (Wildman–Crippen LogP) is 3.50. The van der Waals surface area contributed by atoms with Crippen LogP contribution in [-0.4, -0.2) is 20.9 Å². The highest BCUT2D eigenvalue weighted by atomic mass is 19.1. The SMILES string of the molecule is O=C(O)c1cn(-c2ccccc2)nc1Oc1ccccc1F. The number of carboxylic acids is 1. The standard InChI is InChI=1S/C16H11FN2O3/c17-13-8-4-5-9-14(13)22-15-12(16(20)21)10-19(18-15)11-6-2-1-3-7-11/h1-10H,(H,20,21). The second-order valence-electron chi connectivity index (χ2n) is 4.47. The summed E-state index contributed by atoms with van der Waals surface area (Å²) >= 11 is 0. The normalized spacial score (nSPS) is 10.4. The van der Waals surface area contributed by atoms with E-state index >= 15 is 0 Å². The van der Waals surface area contributed by atoms with Crippen molar-refractivity contribution in [2.45, 2.75) is 0 Å². The molecule has 3 rings (SSSR count). The third kappa shape index (κ3) is 2.67. The largest absolute Gasteiger partial charge is 0.477 e. The van der Waals surface area contributed by atoms with Crippen LogP contribution < -0.4 is 4.74 Å². The molecular weight excluding hydrogens is 287 g/mol. The fraction of sp³-hybridized carbons (Fsp3) is 0. The Hall–Kier alpha value is -3.15. The topological polar surface area (TPSA) is 64.3 Å². The number of aromatic carboxylic acids is 1. The molecule has 0 aliphatic carbocycles. The van der Waals surface area contributed by atoms with Crippen molar-refractivity contribution in [3.05, 3.63) is 72.2 Å². The molecule has 6 heteroatoms. The number of carbonyl (C=O) groups is 1. The number of rotatable bonds is 4. The average molecular weight is 298 g/mol. The Morgan fingerprint density at radius 1 is 1.09 bits per heavy atom. The number of hydrogen-bond donors (Lipinski definition) is 1. The first-order valence-corrected chi connectivity index (χ1v) is 6.46. The smallest absolute Gasteiger partial charge is 0.342 e. The van der Waals surface area contributed by atoms with E-state index in [-0.39, 0.29) is 17.2 Å². The second-order valence-corrected chi connectivity index (χ2v) is 4.47. The lowest BCUT2D eigenvalue weighted by Crippen LogP contribution is -1.98. The Labute approximate surface area is 125 Å². The van der Waals surface area contributed by atoms with Gasteiger partial charge in [-0.25, -0.2) is 13.9 Å². The molecule has 0 fully saturated rings. The summed E-state index contributed by atoms with van der Waals surface area (Å²) in [5.74, 6) is -2.04. The molecule has 0 aliphatic heterocycles. The Kier molecular flexibility index (Phi) is 3.57. The van der Waals surface area contributed by atoms with Gasteiger partial charge in [-0.3, -0.25) is 0 Å². The summed E-state index contributed by atoms with van der Waals surface area (Å²) in [7, 11) is 0. The number of benzene rings is 2. The zero-order valence-corrected chi connectivity index (χ0v) is 11.3. The number of nitrogens with zero attached hydrogens (tertiary/aromatic N) is 2. The van der Waals surface area contributed by atoms with Crippen LogP contribution in [0.1, 0.15) is 10.4 Å². The second kappa shape index (κ2) is 5.69. The van der Waals surface area contributed by atoms with Crippen LogP contribution in [0, 0.1) is 5.82 Å². The molecule has 1 heterocycles. The third-order valence-corrected chi connectivity index (χ3v) is 2.97. The molecule has 0 radical (unpaired) electrons. The maximum atomic E-state index is 13.6. The number of aromatic nitrogens is 2. The highest BCUT2D eigenvalue weighted by molar-refractivity contribution is 5.90. The maximum absolute atomic E-state index is 13.6. The lowest BCUT2D eigenvalue weighted by Gasteiger charge is -2.04. The lowest BCUT2D eigenvalue weighted by atomic mass is 10.3. The molecule has 0 atom stereocenters. The number of halogens is 1. The first-order chi connectivity index (χ1) is 10.6. The van der Waals surface area contributed by atoms with Crippen molar-refractivity contribution in [3.8, 4) is 17.3 Å². The van der Waals surface area contributed by atoms with Crippen molar-refractivity contribution >= 4 is 5.97 Å². The summed E-state index contributed by atoms with van der Waals surface area (Å²) in [5, 5.41) is 13.3. The molecule has 22 heavy (non-hydrogen) atoms. The Balaban J connectivity index is 2.02. The van der Waals surface area contributed by atoms with Crippen molar-refractivity contribution in [2.75, 3.05) is 0 Å². The van der Waals surface area contributed by atoms with Gasteiger partial charge in [-0.1, -0.05) is 30.3 Å². The molecule has 0 bridgehead atoms. The molecule has 0 amide bonds. The van der Waals surface area contributed by atoms with Gasteiger partial charge in [0.15, 0.2) is 11.6 Å². The van der Waals surface area contributed by atoms with Crippen molar-refractivity contribution in [2.24, 2.45) is 0 Å². The predicted molar refractivity (Wildman–Crippen MR) is 77.0 cm³/mol. The van der Waals surface area contributed by atoms with E-state index in [1.807, 2.05) is 6.07 Å². The molecule has 0 spiro atoms. The molecule has 1 aromatic heterocycles. The lowest BCUT2D eigenvalue weighted by molar-refractivity contribution is 0.0694. The summed E-state index contributed by atoms with van der Waals surface area (Å²) in [6.07, 6.45) is 1.33. The van der Waals surface area contributed by atoms with Crippen LogP contribution in [0.15, 0.2) is 60.8 Å². The fourth-order valence-electron chi connectivity index (χ4n) is 1.92. The molecule has 2 aromatic carbocycles. The van der Waals surface area contributed by atoms with Gasteiger partial charge in [-0.15, -0.1) is 5.10 Å². The maximum Gasteiger partial charge on any atom is 0.342 e. The summed E-state index contributed by atoms with van der Waals surface area (Å²) < 4.78 is 20.3. The first kappa shape index (κ1) is 13.8. The molecule has 5 nitrogen and oxygen atoms in total. The molecule has 110 valence electrons. The van der Waals surface area contributed by atoms with Gasteiger partial charge in [-0.2, -0.15) is 0 Å². The number of ether oxygens (including phenoxy) is 1. The Bertz CT molecular complexity index is 815. The Morgan fingerprint density at radius 3 is 2.45 bits per heavy atom. The van der Waals surface area contributed by atoms with E-state index < -0.39 is 11.8 Å². The van der Waals surface area contributed by atoms with Crippen LogP contribution >= 0.6 is 0 Å². The van der Waals surface area contributed by atoms with Crippen LogP contribution in [0.2, 0.25) is 0 Å². The van der Waals surface area contributed by atoms with Crippen LogP contribution in [0.5, 0.6) is 11.6 Å². The number of para-hydroxylation sites is 2. The van der Waals surface area contributed by atoms with Crippen LogP contribution in [-0.2, 0) is 0 Å². The molecular formula is C16H11FN2O3. The molecule has 0 saturated heterocycles. The van der Waals surface area contributed by atoms with Crippen molar-refractivity contribution < 1.29 is 19.0 Å². The van der Waals surface area contributed by atoms with Crippen molar-refractivity contribution in [1.29, 1.82) is 0 Å². The summed E-state index contributed by atoms with van der Waals surface area (Å²) in [6, 6.07) is 14.7. The number of carboxylic acid groups (broad SMARTS) is 1. The van der Waals surface area contributed by atoms with Gasteiger partial charge >= 0.3 is 5.97 Å². The molecule has 0 aliphatic rings. The van der Waals surface area contributed by atoms with Gasteiger partial charge in [0.2, 0.25) is 0 Å². The van der Waals surface area contributed by atoms with Crippen LogP contribution in [0.3, 0.4) is 0 Å². The zero-order chi connectivity index (χ0) is 15.5. The van der Waals surface area contributed by atoms with Gasteiger partial charge in [0.25, 0.3) is 5.88 Å². The van der Waals surface area contributed by atoms with E-state index in [4.69, 9.17) is 4.74 Å². The minimum atomic E-state index is -1.20. The van der Waals surface area contributed by atoms with Crippen molar-refractivity contribution in [3.63, 3.8) is 0 Å². The highest BCUT2D eigenvalue weighted by Crippen LogP contribution is 2.27. The molecule has 0 saturated carbocycles. The minimum absolute atomic E-state index is 0.0803. The minimum Gasteiger partial charge on any atom is -0.477 e. The van der Waals surface area contributed by atoms with E-state index in [1.54, 1.807) is 30.3 Å². The average Bonchev–Trinajstić information content (AvgIpc) is 2.95. The summed E-state index contributed by atoms with van der Waals surface area (Å²) in [6.45, 7) is 0. The zero-order valence-electron chi connectivity index (χ0n) is 11.3. The summed E-state index contributed by atoms with van der Waals surface area (Å²) in [5.41, 5.74) is 0.528. The quantitative estimate of drug-likeness (QED) is 0.800. The first-order valence-electron chi connectivity index (χ1n) is 6.46. The third-order valence-electron chi connectivity index (χ3n) is 2.97. The van der Waals surface area contributed by atoms with E-state index in [1.165, 1.54) is 29.1 Å². The molecule has 0 unspecified atom stereocenters. The number of hydrogen-bond acceptors (Lipinski definition) is 3. The van der Waals surface area contributed by atoms with Gasteiger partial charge in [0.1, 0.15) is 5.56 Å². The Morgan fingerprint density at radius 2 is 1.77 bits per heavy atom. The monoisotopic (exact) mass is 298 g/mol.